The molecular formula is C12H16BrFN2O3S. The lowest BCUT2D eigenvalue weighted by Crippen LogP contribution is -2.47. The van der Waals surface area contributed by atoms with E-state index in [1.807, 2.05) is 0 Å². The number of piperidine rings is 1. The third-order valence-corrected chi connectivity index (χ3v) is 5.53. The fourth-order valence-corrected chi connectivity index (χ4v) is 4.22. The van der Waals surface area contributed by atoms with Crippen molar-refractivity contribution in [3.63, 3.8) is 0 Å². The van der Waals surface area contributed by atoms with Crippen molar-refractivity contribution in [2.24, 2.45) is 0 Å². The van der Waals surface area contributed by atoms with E-state index in [0.717, 1.165) is 18.9 Å². The summed E-state index contributed by atoms with van der Waals surface area (Å²) in [7, 11) is -3.81. The molecule has 2 rings (SSSR count). The fraction of sp³-hybridized carbons (Fsp3) is 0.500. The molecule has 1 heterocycles. The Morgan fingerprint density at radius 3 is 2.90 bits per heavy atom. The molecule has 1 aromatic rings. The first-order valence-corrected chi connectivity index (χ1v) is 8.53. The Kier molecular flexibility index (Phi) is 5.00. The minimum absolute atomic E-state index is 0.146. The van der Waals surface area contributed by atoms with Gasteiger partial charge in [-0.15, -0.1) is 0 Å². The van der Waals surface area contributed by atoms with Crippen molar-refractivity contribution in [3.8, 4) is 0 Å². The number of hydrogen-bond donors (Lipinski definition) is 2. The number of benzene rings is 1. The molecule has 1 aliphatic rings. The number of nitrogens with one attached hydrogen (secondary N) is 1. The van der Waals surface area contributed by atoms with Gasteiger partial charge in [0.25, 0.3) is 0 Å². The van der Waals surface area contributed by atoms with Gasteiger partial charge in [-0.3, -0.25) is 4.72 Å². The molecule has 0 aliphatic carbocycles. The van der Waals surface area contributed by atoms with Crippen LogP contribution in [-0.2, 0) is 10.2 Å². The molecule has 1 unspecified atom stereocenters. The van der Waals surface area contributed by atoms with Crippen LogP contribution in [0.3, 0.4) is 0 Å². The summed E-state index contributed by atoms with van der Waals surface area (Å²) in [6, 6.07) is 3.36. The summed E-state index contributed by atoms with van der Waals surface area (Å²) in [4.78, 5) is 0. The van der Waals surface area contributed by atoms with Crippen LogP contribution in [0.2, 0.25) is 0 Å². The molecule has 0 bridgehead atoms. The topological polar surface area (TPSA) is 69.6 Å². The Hall–Kier alpha value is -0.700. The number of rotatable bonds is 4. The second-order valence-corrected chi connectivity index (χ2v) is 7.15. The number of aliphatic hydroxyl groups is 1. The number of halogens is 2. The highest BCUT2D eigenvalue weighted by molar-refractivity contribution is 9.10. The van der Waals surface area contributed by atoms with Crippen LogP contribution in [0, 0.1) is 5.82 Å². The predicted octanol–water partition coefficient (Wildman–Crippen LogP) is 2.09. The molecule has 0 radical (unpaired) electrons. The molecule has 8 heteroatoms. The van der Waals surface area contributed by atoms with Crippen LogP contribution in [0.25, 0.3) is 0 Å². The molecular weight excluding hydrogens is 351 g/mol. The van der Waals surface area contributed by atoms with Crippen LogP contribution in [0.5, 0.6) is 0 Å². The molecule has 0 saturated carbocycles. The Balaban J connectivity index is 2.24. The first kappa shape index (κ1) is 15.7. The highest BCUT2D eigenvalue weighted by atomic mass is 79.9. The van der Waals surface area contributed by atoms with Gasteiger partial charge in [-0.05, 0) is 47.0 Å². The standard InChI is InChI=1S/C12H16BrFN2O3S/c13-11-5-4-9(14)7-12(11)15-20(18,19)16-6-2-1-3-10(16)8-17/h4-5,7,10,15,17H,1-3,6,8H2. The first-order valence-electron chi connectivity index (χ1n) is 6.29. The lowest BCUT2D eigenvalue weighted by atomic mass is 10.1. The van der Waals surface area contributed by atoms with Crippen molar-refractivity contribution in [2.75, 3.05) is 17.9 Å². The van der Waals surface area contributed by atoms with Gasteiger partial charge in [0.1, 0.15) is 5.82 Å². The zero-order valence-electron chi connectivity index (χ0n) is 10.7. The monoisotopic (exact) mass is 366 g/mol. The fourth-order valence-electron chi connectivity index (χ4n) is 2.25. The SMILES string of the molecule is O=S(=O)(Nc1cc(F)ccc1Br)N1CCCCC1CO. The molecule has 1 fully saturated rings. The van der Waals surface area contributed by atoms with Gasteiger partial charge in [0, 0.05) is 17.1 Å². The normalized spacial score (nSPS) is 20.9. The van der Waals surface area contributed by atoms with Crippen LogP contribution < -0.4 is 4.72 Å². The van der Waals surface area contributed by atoms with Crippen LogP contribution in [0.1, 0.15) is 19.3 Å². The molecule has 0 spiro atoms. The molecule has 20 heavy (non-hydrogen) atoms. The largest absolute Gasteiger partial charge is 0.395 e. The predicted molar refractivity (Wildman–Crippen MR) is 78.1 cm³/mol. The van der Waals surface area contributed by atoms with Gasteiger partial charge in [0.05, 0.1) is 12.3 Å². The van der Waals surface area contributed by atoms with Gasteiger partial charge >= 0.3 is 10.2 Å². The molecule has 0 aromatic heterocycles. The van der Waals surface area contributed by atoms with Gasteiger partial charge in [-0.1, -0.05) is 6.42 Å². The highest BCUT2D eigenvalue weighted by Crippen LogP contribution is 2.27. The van der Waals surface area contributed by atoms with E-state index in [4.69, 9.17) is 0 Å². The number of nitrogens with zero attached hydrogens (tertiary/aromatic N) is 1. The van der Waals surface area contributed by atoms with Gasteiger partial charge < -0.3 is 5.11 Å². The van der Waals surface area contributed by atoms with Gasteiger partial charge in [0.2, 0.25) is 0 Å². The second-order valence-electron chi connectivity index (χ2n) is 4.67. The van der Waals surface area contributed by atoms with Crippen molar-refractivity contribution in [1.29, 1.82) is 0 Å². The van der Waals surface area contributed by atoms with E-state index < -0.39 is 22.1 Å². The van der Waals surface area contributed by atoms with E-state index in [9.17, 15) is 17.9 Å². The lowest BCUT2D eigenvalue weighted by Gasteiger charge is -2.33. The average Bonchev–Trinajstić information content (AvgIpc) is 2.42. The molecule has 112 valence electrons. The van der Waals surface area contributed by atoms with Crippen LogP contribution >= 0.6 is 15.9 Å². The quantitative estimate of drug-likeness (QED) is 0.856. The Morgan fingerprint density at radius 1 is 1.45 bits per heavy atom. The Bertz CT molecular complexity index is 582. The first-order chi connectivity index (χ1) is 9.44. The summed E-state index contributed by atoms with van der Waals surface area (Å²) in [5, 5.41) is 9.29. The molecule has 0 amide bonds. The maximum absolute atomic E-state index is 13.2. The molecule has 1 atom stereocenters. The summed E-state index contributed by atoms with van der Waals surface area (Å²) < 4.78 is 42.0. The zero-order valence-corrected chi connectivity index (χ0v) is 13.1. The number of anilines is 1. The zero-order chi connectivity index (χ0) is 14.8. The molecule has 1 aromatic carbocycles. The third-order valence-electron chi connectivity index (χ3n) is 3.26. The molecule has 2 N–H and O–H groups in total. The lowest BCUT2D eigenvalue weighted by molar-refractivity contribution is 0.156. The van der Waals surface area contributed by atoms with Crippen molar-refractivity contribution < 1.29 is 17.9 Å². The average molecular weight is 367 g/mol. The van der Waals surface area contributed by atoms with Crippen LogP contribution in [0.4, 0.5) is 10.1 Å². The molecule has 5 nitrogen and oxygen atoms in total. The summed E-state index contributed by atoms with van der Waals surface area (Å²) in [5.41, 5.74) is 0.146. The minimum Gasteiger partial charge on any atom is -0.395 e. The van der Waals surface area contributed by atoms with Crippen molar-refractivity contribution >= 4 is 31.8 Å². The Morgan fingerprint density at radius 2 is 2.20 bits per heavy atom. The third kappa shape index (κ3) is 3.49. The minimum atomic E-state index is -3.81. The Labute approximate surface area is 126 Å². The highest BCUT2D eigenvalue weighted by Gasteiger charge is 2.32. The van der Waals surface area contributed by atoms with Gasteiger partial charge in [-0.2, -0.15) is 12.7 Å². The number of aliphatic hydroxyl groups excluding tert-OH is 1. The van der Waals surface area contributed by atoms with E-state index in [2.05, 4.69) is 20.7 Å². The second kappa shape index (κ2) is 6.38. The maximum atomic E-state index is 13.2. The summed E-state index contributed by atoms with van der Waals surface area (Å²) in [6.45, 7) is 0.138. The summed E-state index contributed by atoms with van der Waals surface area (Å²) >= 11 is 3.18. The maximum Gasteiger partial charge on any atom is 0.302 e. The summed E-state index contributed by atoms with van der Waals surface area (Å²) in [5.74, 6) is -0.525. The van der Waals surface area contributed by atoms with Crippen molar-refractivity contribution in [1.82, 2.24) is 4.31 Å². The number of hydrogen-bond acceptors (Lipinski definition) is 3. The van der Waals surface area contributed by atoms with E-state index >= 15 is 0 Å². The van der Waals surface area contributed by atoms with E-state index in [1.54, 1.807) is 0 Å². The van der Waals surface area contributed by atoms with Crippen LogP contribution in [-0.4, -0.2) is 37.0 Å². The van der Waals surface area contributed by atoms with Crippen molar-refractivity contribution in [2.45, 2.75) is 25.3 Å². The summed E-state index contributed by atoms with van der Waals surface area (Å²) in [6.07, 6.45) is 2.27. The van der Waals surface area contributed by atoms with E-state index in [-0.39, 0.29) is 12.3 Å². The smallest absolute Gasteiger partial charge is 0.302 e. The van der Waals surface area contributed by atoms with Crippen molar-refractivity contribution in [3.05, 3.63) is 28.5 Å². The van der Waals surface area contributed by atoms with E-state index in [1.165, 1.54) is 16.4 Å². The van der Waals surface area contributed by atoms with E-state index in [0.29, 0.717) is 17.4 Å². The van der Waals surface area contributed by atoms with Crippen LogP contribution in [0.15, 0.2) is 22.7 Å². The van der Waals surface area contributed by atoms with Gasteiger partial charge in [-0.25, -0.2) is 4.39 Å². The van der Waals surface area contributed by atoms with Gasteiger partial charge in [0.15, 0.2) is 0 Å². The molecule has 1 aliphatic heterocycles. The molecule has 1 saturated heterocycles.